The molecule has 18 heavy (non-hydrogen) atoms. The third kappa shape index (κ3) is 3.48. The van der Waals surface area contributed by atoms with Crippen LogP contribution in [0.25, 0.3) is 0 Å². The molecule has 0 aliphatic heterocycles. The van der Waals surface area contributed by atoms with Gasteiger partial charge in [0.25, 0.3) is 0 Å². The molecule has 0 spiro atoms. The van der Waals surface area contributed by atoms with E-state index in [1.165, 1.54) is 0 Å². The van der Waals surface area contributed by atoms with Gasteiger partial charge in [-0.2, -0.15) is 0 Å². The molecule has 0 heterocycles. The fraction of sp³-hybridized carbons (Fsp3) is 0.267. The molecule has 1 N–H and O–H groups in total. The van der Waals surface area contributed by atoms with Gasteiger partial charge in [0.05, 0.1) is 6.42 Å². The Morgan fingerprint density at radius 3 is 2.83 bits per heavy atom. The highest BCUT2D eigenvalue weighted by Crippen LogP contribution is 2.25. The number of hydrogen-bond acceptors (Lipinski definition) is 2. The first-order valence-corrected chi connectivity index (χ1v) is 6.01. The zero-order valence-corrected chi connectivity index (χ0v) is 10.1. The van der Waals surface area contributed by atoms with Crippen LogP contribution in [0.4, 0.5) is 0 Å². The Balaban J connectivity index is 1.96. The van der Waals surface area contributed by atoms with Gasteiger partial charge in [-0.15, -0.1) is 0 Å². The second-order valence-electron chi connectivity index (χ2n) is 4.30. The van der Waals surface area contributed by atoms with Crippen molar-refractivity contribution >= 4 is 5.97 Å². The van der Waals surface area contributed by atoms with Gasteiger partial charge in [0, 0.05) is 5.92 Å². The van der Waals surface area contributed by atoms with Gasteiger partial charge in [-0.1, -0.05) is 42.5 Å². The summed E-state index contributed by atoms with van der Waals surface area (Å²) in [6.07, 6.45) is 6.60. The first kappa shape index (κ1) is 12.4. The molecule has 0 saturated carbocycles. The summed E-state index contributed by atoms with van der Waals surface area (Å²) >= 11 is 0. The van der Waals surface area contributed by atoms with Gasteiger partial charge in [-0.25, -0.2) is 0 Å². The molecular weight excluding hydrogens is 228 g/mol. The van der Waals surface area contributed by atoms with Crippen LogP contribution >= 0.6 is 0 Å². The highest BCUT2D eigenvalue weighted by atomic mass is 16.5. The predicted molar refractivity (Wildman–Crippen MR) is 68.8 cm³/mol. The van der Waals surface area contributed by atoms with Gasteiger partial charge < -0.3 is 9.84 Å². The maximum Gasteiger partial charge on any atom is 0.304 e. The summed E-state index contributed by atoms with van der Waals surface area (Å²) in [6, 6.07) is 9.86. The van der Waals surface area contributed by atoms with Gasteiger partial charge in [0.1, 0.15) is 12.4 Å². The number of carbonyl (C=O) groups is 1. The Labute approximate surface area is 106 Å². The van der Waals surface area contributed by atoms with E-state index >= 15 is 0 Å². The predicted octanol–water partition coefficient (Wildman–Crippen LogP) is 3.14. The van der Waals surface area contributed by atoms with Gasteiger partial charge in [0.15, 0.2) is 0 Å². The second-order valence-corrected chi connectivity index (χ2v) is 4.30. The molecule has 2 rings (SSSR count). The van der Waals surface area contributed by atoms with Crippen molar-refractivity contribution in [1.29, 1.82) is 0 Å². The van der Waals surface area contributed by atoms with Crippen molar-refractivity contribution in [2.45, 2.75) is 19.4 Å². The lowest BCUT2D eigenvalue weighted by Gasteiger charge is -2.20. The monoisotopic (exact) mass is 244 g/mol. The summed E-state index contributed by atoms with van der Waals surface area (Å²) in [5.74, 6) is -0.0653. The van der Waals surface area contributed by atoms with E-state index in [4.69, 9.17) is 9.84 Å². The number of carboxylic acid groups (broad SMARTS) is 1. The summed E-state index contributed by atoms with van der Waals surface area (Å²) in [4.78, 5) is 10.8. The second kappa shape index (κ2) is 6.05. The average Bonchev–Trinajstić information content (AvgIpc) is 2.38. The largest absolute Gasteiger partial charge is 0.493 e. The molecule has 1 aromatic rings. The molecule has 3 nitrogen and oxygen atoms in total. The Hall–Kier alpha value is -2.03. The number of allylic oxidation sites excluding steroid dienone is 4. The molecule has 1 aliphatic carbocycles. The fourth-order valence-corrected chi connectivity index (χ4v) is 1.96. The molecule has 1 aromatic carbocycles. The SMILES string of the molecule is O=C(O)CC1CC=CC=C1OCc1ccccc1. The van der Waals surface area contributed by atoms with Crippen LogP contribution in [-0.2, 0) is 16.1 Å². The van der Waals surface area contributed by atoms with Crippen molar-refractivity contribution in [3.05, 3.63) is 59.9 Å². The molecule has 0 bridgehead atoms. The van der Waals surface area contributed by atoms with Crippen LogP contribution in [0.5, 0.6) is 0 Å². The fourth-order valence-electron chi connectivity index (χ4n) is 1.96. The molecule has 0 aromatic heterocycles. The third-order valence-corrected chi connectivity index (χ3v) is 2.89. The number of ether oxygens (including phenoxy) is 1. The molecule has 0 saturated heterocycles. The van der Waals surface area contributed by atoms with Crippen molar-refractivity contribution in [3.63, 3.8) is 0 Å². The lowest BCUT2D eigenvalue weighted by molar-refractivity contribution is -0.138. The van der Waals surface area contributed by atoms with Crippen LogP contribution in [0.1, 0.15) is 18.4 Å². The van der Waals surface area contributed by atoms with E-state index in [-0.39, 0.29) is 12.3 Å². The Morgan fingerprint density at radius 2 is 2.11 bits per heavy atom. The summed E-state index contributed by atoms with van der Waals surface area (Å²) in [7, 11) is 0. The van der Waals surface area contributed by atoms with Crippen LogP contribution in [-0.4, -0.2) is 11.1 Å². The topological polar surface area (TPSA) is 46.5 Å². The standard InChI is InChI=1S/C15H16O3/c16-15(17)10-13-8-4-5-9-14(13)18-11-12-6-2-1-3-7-12/h1-7,9,13H,8,10-11H2,(H,16,17). The van der Waals surface area contributed by atoms with E-state index in [9.17, 15) is 4.79 Å². The Bertz CT molecular complexity index is 460. The Kier molecular flexibility index (Phi) is 4.18. The van der Waals surface area contributed by atoms with E-state index < -0.39 is 5.97 Å². The average molecular weight is 244 g/mol. The minimum absolute atomic E-state index is 0.0452. The van der Waals surface area contributed by atoms with Crippen molar-refractivity contribution < 1.29 is 14.6 Å². The van der Waals surface area contributed by atoms with Gasteiger partial charge in [-0.05, 0) is 18.1 Å². The highest BCUT2D eigenvalue weighted by Gasteiger charge is 2.19. The molecular formula is C15H16O3. The van der Waals surface area contributed by atoms with Gasteiger partial charge in [-0.3, -0.25) is 4.79 Å². The quantitative estimate of drug-likeness (QED) is 0.865. The summed E-state index contributed by atoms with van der Waals surface area (Å²) in [6.45, 7) is 0.483. The van der Waals surface area contributed by atoms with Crippen molar-refractivity contribution in [2.24, 2.45) is 5.92 Å². The number of aliphatic carboxylic acids is 1. The molecule has 1 aliphatic rings. The molecule has 1 unspecified atom stereocenters. The van der Waals surface area contributed by atoms with Crippen molar-refractivity contribution in [2.75, 3.05) is 0 Å². The van der Waals surface area contributed by atoms with E-state index in [0.717, 1.165) is 17.7 Å². The first-order valence-electron chi connectivity index (χ1n) is 6.01. The third-order valence-electron chi connectivity index (χ3n) is 2.89. The molecule has 0 radical (unpaired) electrons. The van der Waals surface area contributed by atoms with Crippen LogP contribution in [0.2, 0.25) is 0 Å². The van der Waals surface area contributed by atoms with Crippen molar-refractivity contribution in [1.82, 2.24) is 0 Å². The lowest BCUT2D eigenvalue weighted by atomic mass is 9.95. The zero-order valence-electron chi connectivity index (χ0n) is 10.1. The smallest absolute Gasteiger partial charge is 0.304 e. The van der Waals surface area contributed by atoms with Crippen molar-refractivity contribution in [3.8, 4) is 0 Å². The van der Waals surface area contributed by atoms with Crippen LogP contribution in [0, 0.1) is 5.92 Å². The molecule has 94 valence electrons. The molecule has 1 atom stereocenters. The number of benzene rings is 1. The van der Waals surface area contributed by atoms with E-state index in [1.54, 1.807) is 0 Å². The highest BCUT2D eigenvalue weighted by molar-refractivity contribution is 5.67. The normalized spacial score (nSPS) is 18.2. The maximum absolute atomic E-state index is 10.8. The number of rotatable bonds is 5. The molecule has 3 heteroatoms. The van der Waals surface area contributed by atoms with E-state index in [1.807, 2.05) is 48.6 Å². The van der Waals surface area contributed by atoms with E-state index in [2.05, 4.69) is 0 Å². The van der Waals surface area contributed by atoms with E-state index in [0.29, 0.717) is 6.61 Å². The van der Waals surface area contributed by atoms with Gasteiger partial charge in [0.2, 0.25) is 0 Å². The first-order chi connectivity index (χ1) is 8.75. The molecule has 0 amide bonds. The molecule has 0 fully saturated rings. The minimum Gasteiger partial charge on any atom is -0.493 e. The zero-order chi connectivity index (χ0) is 12.8. The lowest BCUT2D eigenvalue weighted by Crippen LogP contribution is -2.13. The summed E-state index contributed by atoms with van der Waals surface area (Å²) in [5, 5.41) is 8.86. The van der Waals surface area contributed by atoms with Gasteiger partial charge >= 0.3 is 5.97 Å². The summed E-state index contributed by atoms with van der Waals surface area (Å²) in [5.41, 5.74) is 1.09. The van der Waals surface area contributed by atoms with Crippen LogP contribution in [0.3, 0.4) is 0 Å². The Morgan fingerprint density at radius 1 is 1.33 bits per heavy atom. The number of carboxylic acids is 1. The minimum atomic E-state index is -0.787. The van der Waals surface area contributed by atoms with Crippen LogP contribution in [0.15, 0.2) is 54.3 Å². The number of hydrogen-bond donors (Lipinski definition) is 1. The summed E-state index contributed by atoms with van der Waals surface area (Å²) < 4.78 is 5.73. The van der Waals surface area contributed by atoms with Crippen LogP contribution < -0.4 is 0 Å². The maximum atomic E-state index is 10.8.